The molecule has 0 aliphatic carbocycles. The van der Waals surface area contributed by atoms with E-state index in [1.807, 2.05) is 31.2 Å². The summed E-state index contributed by atoms with van der Waals surface area (Å²) >= 11 is 0. The number of piperidine rings is 1. The van der Waals surface area contributed by atoms with Crippen LogP contribution in [0, 0.1) is 6.92 Å². The van der Waals surface area contributed by atoms with E-state index >= 15 is 0 Å². The molecule has 1 aromatic rings. The van der Waals surface area contributed by atoms with Gasteiger partial charge in [-0.1, -0.05) is 24.1 Å². The zero-order valence-electron chi connectivity index (χ0n) is 11.4. The number of carbonyl (C=O) groups is 1. The van der Waals surface area contributed by atoms with Gasteiger partial charge in [-0.15, -0.1) is 0 Å². The summed E-state index contributed by atoms with van der Waals surface area (Å²) in [6.07, 6.45) is 3.55. The Morgan fingerprint density at radius 1 is 1.17 bits per heavy atom. The van der Waals surface area contributed by atoms with Crippen molar-refractivity contribution >= 4 is 5.91 Å². The van der Waals surface area contributed by atoms with E-state index in [4.69, 9.17) is 0 Å². The fraction of sp³-hybridized carbons (Fsp3) is 0.533. The minimum absolute atomic E-state index is 0.00407. The van der Waals surface area contributed by atoms with Crippen LogP contribution >= 0.6 is 0 Å². The largest absolute Gasteiger partial charge is 0.284 e. The van der Waals surface area contributed by atoms with Gasteiger partial charge in [-0.3, -0.25) is 10.2 Å². The molecule has 1 saturated heterocycles. The first kappa shape index (κ1) is 13.1. The maximum atomic E-state index is 12.2. The van der Waals surface area contributed by atoms with Crippen molar-refractivity contribution in [1.29, 1.82) is 0 Å². The lowest BCUT2D eigenvalue weighted by Crippen LogP contribution is -2.54. The summed E-state index contributed by atoms with van der Waals surface area (Å²) in [4.78, 5) is 12.2. The first-order valence-electron chi connectivity index (χ1n) is 6.74. The van der Waals surface area contributed by atoms with Crippen molar-refractivity contribution in [2.45, 2.75) is 52.1 Å². The second kappa shape index (κ2) is 5.53. The highest BCUT2D eigenvalue weighted by molar-refractivity contribution is 5.93. The number of rotatable bonds is 2. The van der Waals surface area contributed by atoms with E-state index in [0.717, 1.165) is 18.4 Å². The van der Waals surface area contributed by atoms with Crippen molar-refractivity contribution in [2.24, 2.45) is 0 Å². The molecule has 1 heterocycles. The molecule has 3 heteroatoms. The number of amides is 1. The Bertz CT molecular complexity index is 403. The number of hydrogen-bond donors (Lipinski definition) is 1. The predicted octanol–water partition coefficient (Wildman–Crippen LogP) is 2.90. The minimum Gasteiger partial charge on any atom is -0.284 e. The molecule has 0 bridgehead atoms. The molecular weight excluding hydrogens is 224 g/mol. The van der Waals surface area contributed by atoms with Crippen molar-refractivity contribution in [1.82, 2.24) is 10.4 Å². The van der Waals surface area contributed by atoms with Crippen molar-refractivity contribution in [2.75, 3.05) is 0 Å². The van der Waals surface area contributed by atoms with Gasteiger partial charge in [0.15, 0.2) is 0 Å². The van der Waals surface area contributed by atoms with Gasteiger partial charge >= 0.3 is 0 Å². The van der Waals surface area contributed by atoms with E-state index in [2.05, 4.69) is 24.3 Å². The molecule has 1 aliphatic rings. The minimum atomic E-state index is -0.00407. The average molecular weight is 246 g/mol. The number of nitrogens with zero attached hydrogens (tertiary/aromatic N) is 1. The van der Waals surface area contributed by atoms with Crippen molar-refractivity contribution < 1.29 is 4.79 Å². The third-order valence-electron chi connectivity index (χ3n) is 3.74. The molecule has 1 N–H and O–H groups in total. The summed E-state index contributed by atoms with van der Waals surface area (Å²) in [5.41, 5.74) is 4.95. The number of carbonyl (C=O) groups excluding carboxylic acids is 1. The Morgan fingerprint density at radius 3 is 2.28 bits per heavy atom. The number of nitrogens with one attached hydrogen (secondary N) is 1. The van der Waals surface area contributed by atoms with Gasteiger partial charge in [0.05, 0.1) is 0 Å². The van der Waals surface area contributed by atoms with E-state index in [1.54, 1.807) is 0 Å². The Balaban J connectivity index is 2.04. The van der Waals surface area contributed by atoms with Crippen LogP contribution < -0.4 is 5.43 Å². The molecule has 1 fully saturated rings. The molecule has 0 spiro atoms. The van der Waals surface area contributed by atoms with Crippen LogP contribution in [-0.4, -0.2) is 23.0 Å². The van der Waals surface area contributed by atoms with Gasteiger partial charge in [0.1, 0.15) is 0 Å². The van der Waals surface area contributed by atoms with Crippen molar-refractivity contribution in [3.8, 4) is 0 Å². The lowest BCUT2D eigenvalue weighted by Gasteiger charge is -2.38. The zero-order chi connectivity index (χ0) is 13.1. The first-order chi connectivity index (χ1) is 8.58. The molecule has 1 amide bonds. The Hall–Kier alpha value is -1.35. The lowest BCUT2D eigenvalue weighted by atomic mass is 10.00. The smallest absolute Gasteiger partial charge is 0.265 e. The molecule has 2 unspecified atom stereocenters. The Kier molecular flexibility index (Phi) is 4.02. The van der Waals surface area contributed by atoms with Crippen molar-refractivity contribution in [3.05, 3.63) is 35.4 Å². The summed E-state index contributed by atoms with van der Waals surface area (Å²) in [6.45, 7) is 6.37. The molecule has 0 radical (unpaired) electrons. The van der Waals surface area contributed by atoms with E-state index in [9.17, 15) is 4.79 Å². The molecule has 1 aliphatic heterocycles. The van der Waals surface area contributed by atoms with Gasteiger partial charge in [-0.2, -0.15) is 0 Å². The molecule has 0 aromatic heterocycles. The average Bonchev–Trinajstić information content (AvgIpc) is 2.34. The van der Waals surface area contributed by atoms with Crippen LogP contribution in [0.2, 0.25) is 0 Å². The molecule has 98 valence electrons. The van der Waals surface area contributed by atoms with E-state index < -0.39 is 0 Å². The molecule has 2 atom stereocenters. The molecule has 1 aromatic carbocycles. The van der Waals surface area contributed by atoms with E-state index in [-0.39, 0.29) is 5.91 Å². The quantitative estimate of drug-likeness (QED) is 0.870. The topological polar surface area (TPSA) is 32.3 Å². The molecule has 3 nitrogen and oxygen atoms in total. The van der Waals surface area contributed by atoms with Gasteiger partial charge in [0, 0.05) is 17.6 Å². The van der Waals surface area contributed by atoms with E-state index in [1.165, 1.54) is 12.0 Å². The molecule has 18 heavy (non-hydrogen) atoms. The third kappa shape index (κ3) is 2.91. The normalized spacial score (nSPS) is 24.8. The van der Waals surface area contributed by atoms with Crippen LogP contribution in [0.3, 0.4) is 0 Å². The molecule has 2 rings (SSSR count). The van der Waals surface area contributed by atoms with Crippen LogP contribution in [0.15, 0.2) is 24.3 Å². The predicted molar refractivity (Wildman–Crippen MR) is 73.3 cm³/mol. The highest BCUT2D eigenvalue weighted by Crippen LogP contribution is 2.20. The number of hydrazine groups is 1. The monoisotopic (exact) mass is 246 g/mol. The zero-order valence-corrected chi connectivity index (χ0v) is 11.4. The van der Waals surface area contributed by atoms with Crippen molar-refractivity contribution in [3.63, 3.8) is 0 Å². The fourth-order valence-corrected chi connectivity index (χ4v) is 2.53. The second-order valence-electron chi connectivity index (χ2n) is 5.34. The standard InChI is InChI=1S/C15H22N2O/c1-11-7-9-14(10-8-11)15(18)16-17-12(2)5-4-6-13(17)3/h7-10,12-13H,4-6H2,1-3H3,(H,16,18). The van der Waals surface area contributed by atoms with Crippen LogP contribution in [0.4, 0.5) is 0 Å². The fourth-order valence-electron chi connectivity index (χ4n) is 2.53. The van der Waals surface area contributed by atoms with E-state index in [0.29, 0.717) is 12.1 Å². The summed E-state index contributed by atoms with van der Waals surface area (Å²) in [5.74, 6) is -0.00407. The second-order valence-corrected chi connectivity index (χ2v) is 5.34. The van der Waals surface area contributed by atoms with Gasteiger partial charge in [0.2, 0.25) is 0 Å². The van der Waals surface area contributed by atoms with Crippen LogP contribution in [-0.2, 0) is 0 Å². The number of hydrogen-bond acceptors (Lipinski definition) is 2. The van der Waals surface area contributed by atoms with Crippen LogP contribution in [0.1, 0.15) is 49.0 Å². The highest BCUT2D eigenvalue weighted by atomic mass is 16.2. The Labute approximate surface area is 109 Å². The van der Waals surface area contributed by atoms with Gasteiger partial charge in [-0.25, -0.2) is 5.01 Å². The number of benzene rings is 1. The summed E-state index contributed by atoms with van der Waals surface area (Å²) < 4.78 is 0. The molecular formula is C15H22N2O. The summed E-state index contributed by atoms with van der Waals surface area (Å²) in [7, 11) is 0. The number of aryl methyl sites for hydroxylation is 1. The maximum Gasteiger partial charge on any atom is 0.265 e. The third-order valence-corrected chi connectivity index (χ3v) is 3.74. The lowest BCUT2D eigenvalue weighted by molar-refractivity contribution is 0.0370. The summed E-state index contributed by atoms with van der Waals surface area (Å²) in [6, 6.07) is 8.54. The first-order valence-corrected chi connectivity index (χ1v) is 6.74. The van der Waals surface area contributed by atoms with Gasteiger partial charge in [0.25, 0.3) is 5.91 Å². The SMILES string of the molecule is Cc1ccc(C(=O)NN2C(C)CCCC2C)cc1. The van der Waals surface area contributed by atoms with Crippen LogP contribution in [0.25, 0.3) is 0 Å². The van der Waals surface area contributed by atoms with Gasteiger partial charge < -0.3 is 0 Å². The Morgan fingerprint density at radius 2 is 1.72 bits per heavy atom. The maximum absolute atomic E-state index is 12.2. The summed E-state index contributed by atoms with van der Waals surface area (Å²) in [5, 5.41) is 2.10. The highest BCUT2D eigenvalue weighted by Gasteiger charge is 2.26. The van der Waals surface area contributed by atoms with Crippen LogP contribution in [0.5, 0.6) is 0 Å². The molecule has 0 saturated carbocycles. The van der Waals surface area contributed by atoms with Gasteiger partial charge in [-0.05, 0) is 45.7 Å².